The van der Waals surface area contributed by atoms with Gasteiger partial charge in [-0.25, -0.2) is 0 Å². The summed E-state index contributed by atoms with van der Waals surface area (Å²) >= 11 is 4.16. The molecule has 0 radical (unpaired) electrons. The predicted molar refractivity (Wildman–Crippen MR) is 111 cm³/mol. The molecule has 0 aliphatic rings. The Hall–Kier alpha value is -2.11. The van der Waals surface area contributed by atoms with Crippen LogP contribution >= 0.6 is 12.6 Å². The largest absolute Gasteiger partial charge is 0.399 e. The first kappa shape index (κ1) is 19.9. The lowest BCUT2D eigenvalue weighted by Gasteiger charge is -2.17. The van der Waals surface area contributed by atoms with E-state index in [1.165, 1.54) is 11.4 Å². The highest BCUT2D eigenvalue weighted by Crippen LogP contribution is 2.19. The zero-order valence-corrected chi connectivity index (χ0v) is 15.6. The smallest absolute Gasteiger partial charge is 0.138 e. The lowest BCUT2D eigenvalue weighted by atomic mass is 10.1. The Balaban J connectivity index is 0.000000240. The van der Waals surface area contributed by atoms with Gasteiger partial charge in [0.25, 0.3) is 0 Å². The van der Waals surface area contributed by atoms with E-state index in [9.17, 15) is 0 Å². The molecule has 2 aromatic carbocycles. The highest BCUT2D eigenvalue weighted by molar-refractivity contribution is 7.80. The summed E-state index contributed by atoms with van der Waals surface area (Å²) in [5.74, 6) is 0.862. The number of rotatable bonds is 5. The van der Waals surface area contributed by atoms with Crippen LogP contribution < -0.4 is 21.7 Å². The van der Waals surface area contributed by atoms with Crippen molar-refractivity contribution in [3.05, 3.63) is 54.1 Å². The van der Waals surface area contributed by atoms with Crippen molar-refractivity contribution in [3.8, 4) is 0 Å². The minimum absolute atomic E-state index is 0.804. The lowest BCUT2D eigenvalue weighted by molar-refractivity contribution is -0.539. The molecule has 0 atom stereocenters. The fourth-order valence-corrected chi connectivity index (χ4v) is 2.52. The number of nitrogens with zero attached hydrogens (tertiary/aromatic N) is 1. The van der Waals surface area contributed by atoms with Gasteiger partial charge in [-0.3, -0.25) is 0 Å². The third-order valence-electron chi connectivity index (χ3n) is 3.59. The average Bonchev–Trinajstić information content (AvgIpc) is 2.58. The Morgan fingerprint density at radius 3 is 2.33 bits per heavy atom. The fraction of sp³-hybridized carbons (Fsp3) is 0.263. The molecule has 4 nitrogen and oxygen atoms in total. The summed E-state index contributed by atoms with van der Waals surface area (Å²) in [4.78, 5) is 2.15. The molecule has 0 saturated carbocycles. The van der Waals surface area contributed by atoms with Crippen molar-refractivity contribution in [1.82, 2.24) is 0 Å². The molecule has 0 aromatic heterocycles. The molecular weight excluding hydrogens is 316 g/mol. The van der Waals surface area contributed by atoms with Gasteiger partial charge in [-0.1, -0.05) is 18.2 Å². The Labute approximate surface area is 151 Å². The van der Waals surface area contributed by atoms with Gasteiger partial charge in [-0.05, 0) is 43.3 Å². The molecule has 0 unspecified atom stereocenters. The van der Waals surface area contributed by atoms with Gasteiger partial charge in [-0.15, -0.1) is 0 Å². The second kappa shape index (κ2) is 10.6. The van der Waals surface area contributed by atoms with Crippen LogP contribution in [0.2, 0.25) is 0 Å². The topological polar surface area (TPSA) is 71.9 Å². The molecule has 6 N–H and O–H groups in total. The molecule has 0 fully saturated rings. The maximum Gasteiger partial charge on any atom is 0.138 e. The number of quaternary nitrogens is 1. The number of benzene rings is 2. The summed E-state index contributed by atoms with van der Waals surface area (Å²) in [5.41, 5.74) is 16.5. The molecule has 24 heavy (non-hydrogen) atoms. The fourth-order valence-electron chi connectivity index (χ4n) is 2.22. The van der Waals surface area contributed by atoms with Crippen LogP contribution in [0.4, 0.5) is 22.7 Å². The summed E-state index contributed by atoms with van der Waals surface area (Å²) in [7, 11) is 4.06. The van der Waals surface area contributed by atoms with Gasteiger partial charge in [0.05, 0.1) is 12.6 Å². The zero-order valence-electron chi connectivity index (χ0n) is 14.7. The molecule has 2 aromatic rings. The number of allylic oxidation sites excluding steroid dienone is 1. The Kier molecular flexibility index (Phi) is 8.83. The molecule has 0 saturated heterocycles. The maximum atomic E-state index is 5.81. The van der Waals surface area contributed by atoms with Crippen molar-refractivity contribution in [2.24, 2.45) is 0 Å². The quantitative estimate of drug-likeness (QED) is 0.497. The number of anilines is 3. The Bertz CT molecular complexity index is 638. The summed E-state index contributed by atoms with van der Waals surface area (Å²) < 4.78 is 0. The predicted octanol–water partition coefficient (Wildman–Crippen LogP) is 2.76. The van der Waals surface area contributed by atoms with Gasteiger partial charge in [0.15, 0.2) is 0 Å². The number of hydrogen-bond donors (Lipinski definition) is 4. The molecule has 0 bridgehead atoms. The average molecular weight is 346 g/mol. The van der Waals surface area contributed by atoms with Crippen LogP contribution in [0.25, 0.3) is 6.08 Å². The van der Waals surface area contributed by atoms with E-state index in [1.807, 2.05) is 69.6 Å². The van der Waals surface area contributed by atoms with Crippen molar-refractivity contribution < 1.29 is 5.32 Å². The first-order chi connectivity index (χ1) is 11.5. The van der Waals surface area contributed by atoms with Gasteiger partial charge >= 0.3 is 0 Å². The van der Waals surface area contributed by atoms with Crippen molar-refractivity contribution in [1.29, 1.82) is 0 Å². The molecule has 2 rings (SSSR count). The van der Waals surface area contributed by atoms with E-state index in [2.05, 4.69) is 28.9 Å². The maximum absolute atomic E-state index is 5.81. The van der Waals surface area contributed by atoms with Crippen LogP contribution in [-0.2, 0) is 0 Å². The standard InChI is InChI=1S/C10H14N2.C9H14N2S/c1-3-5-8-9(11)6-4-7-10(8)12-2;1-11(6-7-12)9-4-2-8(10)3-5-9/h3-7,12H,11H2,1-2H3;2-5,12H,6-7,10H2,1H3/p+1/b5-3-;. The van der Waals surface area contributed by atoms with E-state index in [-0.39, 0.29) is 0 Å². The van der Waals surface area contributed by atoms with Crippen molar-refractivity contribution in [2.45, 2.75) is 6.92 Å². The highest BCUT2D eigenvalue weighted by Gasteiger charge is 2.03. The van der Waals surface area contributed by atoms with Crippen LogP contribution in [0.1, 0.15) is 12.5 Å². The van der Waals surface area contributed by atoms with Gasteiger partial charge in [0, 0.05) is 36.4 Å². The van der Waals surface area contributed by atoms with E-state index in [0.717, 1.165) is 29.2 Å². The molecule has 130 valence electrons. The molecule has 0 aliphatic carbocycles. The summed E-state index contributed by atoms with van der Waals surface area (Å²) in [6.07, 6.45) is 4.03. The van der Waals surface area contributed by atoms with E-state index in [4.69, 9.17) is 11.5 Å². The van der Waals surface area contributed by atoms with Crippen LogP contribution in [-0.4, -0.2) is 26.4 Å². The molecule has 0 heterocycles. The molecule has 0 spiro atoms. The molecule has 0 aliphatic heterocycles. The van der Waals surface area contributed by atoms with E-state index in [0.29, 0.717) is 0 Å². The molecule has 0 amide bonds. The van der Waals surface area contributed by atoms with Crippen LogP contribution in [0, 0.1) is 0 Å². The second-order valence-corrected chi connectivity index (χ2v) is 5.82. The zero-order chi connectivity index (χ0) is 17.9. The van der Waals surface area contributed by atoms with E-state index < -0.39 is 0 Å². The first-order valence-electron chi connectivity index (χ1n) is 8.01. The van der Waals surface area contributed by atoms with Crippen LogP contribution in [0.3, 0.4) is 0 Å². The molecule has 5 heteroatoms. The number of hydrogen-bond acceptors (Lipinski definition) is 4. The summed E-state index contributed by atoms with van der Waals surface area (Å²) in [5, 5.41) is 2.06. The summed E-state index contributed by atoms with van der Waals surface area (Å²) in [6.45, 7) is 2.94. The SMILES string of the molecule is C/C=C\c1c(N)cccc1[NH2+]C.CN(CCS)c1ccc(N)cc1. The van der Waals surface area contributed by atoms with Crippen molar-refractivity contribution in [2.75, 3.05) is 42.8 Å². The van der Waals surface area contributed by atoms with Crippen molar-refractivity contribution in [3.63, 3.8) is 0 Å². The van der Waals surface area contributed by atoms with Crippen molar-refractivity contribution >= 4 is 41.5 Å². The lowest BCUT2D eigenvalue weighted by Crippen LogP contribution is -2.73. The summed E-state index contributed by atoms with van der Waals surface area (Å²) in [6, 6.07) is 13.8. The second-order valence-electron chi connectivity index (χ2n) is 5.38. The monoisotopic (exact) mass is 345 g/mol. The number of thiol groups is 1. The van der Waals surface area contributed by atoms with Crippen LogP contribution in [0.5, 0.6) is 0 Å². The van der Waals surface area contributed by atoms with Crippen LogP contribution in [0.15, 0.2) is 48.5 Å². The number of nitrogen functional groups attached to an aromatic ring is 2. The van der Waals surface area contributed by atoms with Gasteiger partial charge < -0.3 is 21.7 Å². The van der Waals surface area contributed by atoms with E-state index in [1.54, 1.807) is 0 Å². The van der Waals surface area contributed by atoms with E-state index >= 15 is 0 Å². The highest BCUT2D eigenvalue weighted by atomic mass is 32.1. The minimum Gasteiger partial charge on any atom is -0.399 e. The first-order valence-corrected chi connectivity index (χ1v) is 8.64. The normalized spacial score (nSPS) is 10.3. The van der Waals surface area contributed by atoms with Gasteiger partial charge in [0.1, 0.15) is 5.69 Å². The van der Waals surface area contributed by atoms with Gasteiger partial charge in [0.2, 0.25) is 0 Å². The third kappa shape index (κ3) is 6.18. The molecular formula is C19H29N4S+. The third-order valence-corrected chi connectivity index (χ3v) is 3.79. The minimum atomic E-state index is 0.804. The van der Waals surface area contributed by atoms with Gasteiger partial charge in [-0.2, -0.15) is 12.6 Å². The number of nitrogens with two attached hydrogens (primary N) is 3. The Morgan fingerprint density at radius 1 is 1.12 bits per heavy atom. The Morgan fingerprint density at radius 2 is 1.79 bits per heavy atom.